The Hall–Kier alpha value is -10.2. The third kappa shape index (κ3) is 7.44. The quantitative estimate of drug-likeness (QED) is 0.159. The zero-order chi connectivity index (χ0) is 54.4. The molecule has 0 radical (unpaired) electrons. The summed E-state index contributed by atoms with van der Waals surface area (Å²) in [6.07, 6.45) is 0. The highest BCUT2D eigenvalue weighted by Gasteiger charge is 2.49. The van der Waals surface area contributed by atoms with E-state index in [1.165, 1.54) is 77.5 Å². The molecule has 2 aliphatic carbocycles. The summed E-state index contributed by atoms with van der Waals surface area (Å²) in [5.41, 5.74) is 21.0. The monoisotopic (exact) mass is 1080 g/mol. The van der Waals surface area contributed by atoms with Gasteiger partial charge in [-0.15, -0.1) is 0 Å². The molecule has 4 heteroatoms. The van der Waals surface area contributed by atoms with Gasteiger partial charge < -0.3 is 13.7 Å². The van der Waals surface area contributed by atoms with Crippen LogP contribution in [-0.2, 0) is 10.8 Å². The third-order valence-electron chi connectivity index (χ3n) is 17.3. The van der Waals surface area contributed by atoms with Crippen LogP contribution >= 0.6 is 11.6 Å². The molecular formula is C79H54ClNO2. The van der Waals surface area contributed by atoms with Gasteiger partial charge in [0.25, 0.3) is 0 Å². The van der Waals surface area contributed by atoms with Crippen molar-refractivity contribution in [2.45, 2.75) is 18.3 Å². The number of rotatable bonds is 7. The van der Waals surface area contributed by atoms with Crippen molar-refractivity contribution in [2.75, 3.05) is 4.90 Å². The lowest BCUT2D eigenvalue weighted by molar-refractivity contribution is 0.667. The Morgan fingerprint density at radius 3 is 1.20 bits per heavy atom. The Bertz CT molecular complexity index is 4870. The molecule has 0 saturated carbocycles. The van der Waals surface area contributed by atoms with Gasteiger partial charge in [-0.25, -0.2) is 0 Å². The fraction of sp³-hybridized carbons (Fsp3) is 0.0380. The maximum atomic E-state index is 6.71. The fourth-order valence-electron chi connectivity index (χ4n) is 14.1. The predicted octanol–water partition coefficient (Wildman–Crippen LogP) is 21.8. The van der Waals surface area contributed by atoms with Crippen LogP contribution in [0.3, 0.4) is 0 Å². The second-order valence-corrected chi connectivity index (χ2v) is 21.9. The molecule has 0 saturated heterocycles. The maximum absolute atomic E-state index is 6.71. The van der Waals surface area contributed by atoms with E-state index in [1.807, 2.05) is 18.2 Å². The van der Waals surface area contributed by atoms with E-state index in [2.05, 4.69) is 290 Å². The molecule has 0 fully saturated rings. The molecule has 0 unspecified atom stereocenters. The topological polar surface area (TPSA) is 29.5 Å². The molecular weight excluding hydrogens is 1030 g/mol. The number of para-hydroxylation sites is 1. The molecule has 0 atom stereocenters. The Morgan fingerprint density at radius 1 is 0.289 bits per heavy atom. The Balaban J connectivity index is 0.000000151. The molecule has 2 heterocycles. The highest BCUT2D eigenvalue weighted by Crippen LogP contribution is 2.60. The van der Waals surface area contributed by atoms with Crippen LogP contribution in [-0.4, -0.2) is 0 Å². The normalized spacial score (nSPS) is 13.2. The van der Waals surface area contributed by atoms with Gasteiger partial charge in [-0.05, 0) is 139 Å². The van der Waals surface area contributed by atoms with Crippen LogP contribution in [0.25, 0.3) is 76.9 Å². The van der Waals surface area contributed by atoms with Crippen molar-refractivity contribution in [1.29, 1.82) is 0 Å². The summed E-state index contributed by atoms with van der Waals surface area (Å²) in [7, 11) is 0. The SMILES string of the molecule is C.Clc1ccc2oc3cccc(C4(c5ccccc5)c5ccccc5-c5ccccc54)c3c2c1.c1ccc(N(c2ccc3oc4cccc(C5(c6ccccc6)c6ccccc6-c6ccccc65)c4c3c2)c2cccc3ccccc23)cc1. The van der Waals surface area contributed by atoms with Gasteiger partial charge >= 0.3 is 0 Å². The maximum Gasteiger partial charge on any atom is 0.135 e. The van der Waals surface area contributed by atoms with E-state index in [-0.39, 0.29) is 7.43 Å². The van der Waals surface area contributed by atoms with Gasteiger partial charge in [0.05, 0.1) is 16.5 Å². The molecule has 0 N–H and O–H groups in total. The number of furan rings is 2. The average molecular weight is 1080 g/mol. The summed E-state index contributed by atoms with van der Waals surface area (Å²) >= 11 is 6.46. The zero-order valence-electron chi connectivity index (χ0n) is 44.5. The van der Waals surface area contributed by atoms with Crippen molar-refractivity contribution < 1.29 is 8.83 Å². The second kappa shape index (κ2) is 19.8. The number of nitrogens with zero attached hydrogens (tertiary/aromatic N) is 1. The zero-order valence-corrected chi connectivity index (χ0v) is 45.3. The standard InChI is InChI=1S/C47H31NO.C31H19ClO.CH4/c1-3-17-33(18-4-1)47(40-24-11-9-22-37(40)38-23-10-12-25-41(38)47)42-26-14-28-45-46(42)39-31-35(29-30-44(39)49-45)48(34-19-5-2-6-20-34)43-27-13-16-32-15-7-8-21-36(32)43;32-21-17-18-28-24(19-21)30-27(15-8-16-29(30)33-28)31(20-9-2-1-3-10-20)25-13-6-4-11-22(25)23-12-5-7-14-26(23)31;/h1-31H;1-19H;1H4. The molecule has 394 valence electrons. The van der Waals surface area contributed by atoms with Crippen LogP contribution in [0.15, 0.2) is 312 Å². The molecule has 13 aromatic carbocycles. The van der Waals surface area contributed by atoms with E-state index < -0.39 is 10.8 Å². The summed E-state index contributed by atoms with van der Waals surface area (Å²) < 4.78 is 13.0. The fourth-order valence-corrected chi connectivity index (χ4v) is 14.3. The first-order valence-electron chi connectivity index (χ1n) is 28.0. The van der Waals surface area contributed by atoms with Crippen molar-refractivity contribution in [3.63, 3.8) is 0 Å². The molecule has 0 spiro atoms. The number of halogens is 1. The Kier molecular flexibility index (Phi) is 11.9. The minimum atomic E-state index is -0.532. The largest absolute Gasteiger partial charge is 0.456 e. The van der Waals surface area contributed by atoms with E-state index in [0.717, 1.165) is 60.9 Å². The van der Waals surface area contributed by atoms with E-state index in [0.29, 0.717) is 5.02 Å². The van der Waals surface area contributed by atoms with Crippen molar-refractivity contribution in [3.05, 3.63) is 353 Å². The van der Waals surface area contributed by atoms with Crippen LogP contribution < -0.4 is 4.90 Å². The average Bonchev–Trinajstić information content (AvgIpc) is 2.18. The lowest BCUT2D eigenvalue weighted by atomic mass is 9.66. The number of hydrogen-bond acceptors (Lipinski definition) is 3. The third-order valence-corrected chi connectivity index (χ3v) is 17.6. The van der Waals surface area contributed by atoms with E-state index in [4.69, 9.17) is 20.4 Å². The highest BCUT2D eigenvalue weighted by molar-refractivity contribution is 6.32. The molecule has 0 aliphatic heterocycles. The molecule has 17 rings (SSSR count). The number of hydrogen-bond donors (Lipinski definition) is 0. The molecule has 3 nitrogen and oxygen atoms in total. The van der Waals surface area contributed by atoms with Gasteiger partial charge in [-0.3, -0.25) is 0 Å². The lowest BCUT2D eigenvalue weighted by Gasteiger charge is -2.34. The molecule has 15 aromatic rings. The number of benzene rings is 13. The highest BCUT2D eigenvalue weighted by atomic mass is 35.5. The summed E-state index contributed by atoms with van der Waals surface area (Å²) in [5, 5.41) is 7.52. The molecule has 0 bridgehead atoms. The molecule has 2 aromatic heterocycles. The van der Waals surface area contributed by atoms with Crippen molar-refractivity contribution >= 4 is 83.3 Å². The predicted molar refractivity (Wildman–Crippen MR) is 346 cm³/mol. The minimum Gasteiger partial charge on any atom is -0.456 e. The lowest BCUT2D eigenvalue weighted by Crippen LogP contribution is -2.28. The minimum absolute atomic E-state index is 0. The van der Waals surface area contributed by atoms with E-state index >= 15 is 0 Å². The molecule has 2 aliphatic rings. The van der Waals surface area contributed by atoms with Crippen molar-refractivity contribution in [2.24, 2.45) is 0 Å². The first kappa shape index (κ1) is 49.8. The smallest absolute Gasteiger partial charge is 0.135 e. The molecule has 0 amide bonds. The first-order chi connectivity index (χ1) is 40.6. The molecule has 83 heavy (non-hydrogen) atoms. The number of anilines is 3. The van der Waals surface area contributed by atoms with Crippen LogP contribution in [0.4, 0.5) is 17.1 Å². The van der Waals surface area contributed by atoms with Crippen LogP contribution in [0.5, 0.6) is 0 Å². The van der Waals surface area contributed by atoms with Crippen LogP contribution in [0.1, 0.15) is 51.9 Å². The van der Waals surface area contributed by atoms with Crippen molar-refractivity contribution in [1.82, 2.24) is 0 Å². The summed E-state index contributed by atoms with van der Waals surface area (Å²) in [6, 6.07) is 109. The van der Waals surface area contributed by atoms with Gasteiger partial charge in [0, 0.05) is 43.3 Å². The number of fused-ring (bicyclic) bond motifs is 13. The van der Waals surface area contributed by atoms with Gasteiger partial charge in [0.1, 0.15) is 22.3 Å². The van der Waals surface area contributed by atoms with Gasteiger partial charge in [-0.2, -0.15) is 0 Å². The van der Waals surface area contributed by atoms with Gasteiger partial charge in [0.15, 0.2) is 0 Å². The van der Waals surface area contributed by atoms with Gasteiger partial charge in [0.2, 0.25) is 0 Å². The summed E-state index contributed by atoms with van der Waals surface area (Å²) in [4.78, 5) is 2.37. The summed E-state index contributed by atoms with van der Waals surface area (Å²) in [5.74, 6) is 0. The van der Waals surface area contributed by atoms with Crippen LogP contribution in [0, 0.1) is 0 Å². The summed E-state index contributed by atoms with van der Waals surface area (Å²) in [6.45, 7) is 0. The Labute approximate surface area is 487 Å². The van der Waals surface area contributed by atoms with E-state index in [1.54, 1.807) is 0 Å². The second-order valence-electron chi connectivity index (χ2n) is 21.5. The van der Waals surface area contributed by atoms with E-state index in [9.17, 15) is 0 Å². The van der Waals surface area contributed by atoms with Gasteiger partial charge in [-0.1, -0.05) is 256 Å². The van der Waals surface area contributed by atoms with Crippen LogP contribution in [0.2, 0.25) is 5.02 Å². The Morgan fingerprint density at radius 2 is 0.687 bits per heavy atom. The van der Waals surface area contributed by atoms with Crippen molar-refractivity contribution in [3.8, 4) is 22.3 Å². The first-order valence-corrected chi connectivity index (χ1v) is 28.4.